The predicted molar refractivity (Wildman–Crippen MR) is 117 cm³/mol. The van der Waals surface area contributed by atoms with Crippen molar-refractivity contribution >= 4 is 22.8 Å². The first-order chi connectivity index (χ1) is 13.3. The molecule has 3 aromatic rings. The predicted octanol–water partition coefficient (Wildman–Crippen LogP) is 6.83. The number of imidazole rings is 1. The van der Waals surface area contributed by atoms with Gasteiger partial charge in [-0.2, -0.15) is 0 Å². The second kappa shape index (κ2) is 8.97. The van der Waals surface area contributed by atoms with Crippen LogP contribution in [0.25, 0.3) is 11.0 Å². The Kier molecular flexibility index (Phi) is 6.18. The summed E-state index contributed by atoms with van der Waals surface area (Å²) in [7, 11) is 0. The molecule has 0 N–H and O–H groups in total. The lowest BCUT2D eigenvalue weighted by atomic mass is 10.1. The fourth-order valence-corrected chi connectivity index (χ4v) is 5.05. The Bertz CT molecular complexity index is 863. The van der Waals surface area contributed by atoms with Crippen molar-refractivity contribution in [2.24, 2.45) is 0 Å². The molecule has 2 nitrogen and oxygen atoms in total. The second-order valence-corrected chi connectivity index (χ2v) is 8.86. The molecule has 1 fully saturated rings. The van der Waals surface area contributed by atoms with E-state index in [9.17, 15) is 0 Å². The van der Waals surface area contributed by atoms with Crippen LogP contribution in [0, 0.1) is 0 Å². The Balaban J connectivity index is 1.60. The van der Waals surface area contributed by atoms with Gasteiger partial charge in [-0.25, -0.2) is 4.98 Å². The molecule has 1 aliphatic rings. The van der Waals surface area contributed by atoms with E-state index in [0.717, 1.165) is 13.0 Å². The molecule has 0 saturated heterocycles. The van der Waals surface area contributed by atoms with E-state index >= 15 is 0 Å². The van der Waals surface area contributed by atoms with Crippen LogP contribution < -0.4 is 0 Å². The van der Waals surface area contributed by atoms with Gasteiger partial charge in [-0.05, 0) is 61.6 Å². The lowest BCUT2D eigenvalue weighted by molar-refractivity contribution is 0.571. The van der Waals surface area contributed by atoms with E-state index in [-0.39, 0.29) is 0 Å². The molecule has 142 valence electrons. The van der Waals surface area contributed by atoms with Gasteiger partial charge in [-0.1, -0.05) is 50.1 Å². The van der Waals surface area contributed by atoms with Crippen LogP contribution in [0.4, 0.5) is 0 Å². The molecule has 1 saturated carbocycles. The van der Waals surface area contributed by atoms with E-state index in [0.29, 0.717) is 5.92 Å². The molecule has 0 unspecified atom stereocenters. The number of hydrogen-bond donors (Lipinski definition) is 0. The monoisotopic (exact) mass is 378 g/mol. The van der Waals surface area contributed by atoms with Gasteiger partial charge in [0.1, 0.15) is 5.82 Å². The van der Waals surface area contributed by atoms with E-state index in [1.165, 1.54) is 71.6 Å². The first-order valence-corrected chi connectivity index (χ1v) is 11.5. The van der Waals surface area contributed by atoms with Crippen LogP contribution >= 0.6 is 11.8 Å². The van der Waals surface area contributed by atoms with Crippen molar-refractivity contribution in [1.29, 1.82) is 0 Å². The molecule has 0 spiro atoms. The Morgan fingerprint density at radius 3 is 2.67 bits per heavy atom. The molecule has 0 bridgehead atoms. The third kappa shape index (κ3) is 4.40. The lowest BCUT2D eigenvalue weighted by Gasteiger charge is -2.14. The van der Waals surface area contributed by atoms with E-state index < -0.39 is 0 Å². The summed E-state index contributed by atoms with van der Waals surface area (Å²) in [6.07, 6.45) is 8.84. The highest BCUT2D eigenvalue weighted by Crippen LogP contribution is 2.36. The molecule has 0 radical (unpaired) electrons. The third-order valence-electron chi connectivity index (χ3n) is 5.63. The van der Waals surface area contributed by atoms with Crippen molar-refractivity contribution in [2.75, 3.05) is 5.75 Å². The molecule has 27 heavy (non-hydrogen) atoms. The van der Waals surface area contributed by atoms with Crippen LogP contribution in [0.2, 0.25) is 0 Å². The van der Waals surface area contributed by atoms with Crippen LogP contribution in [-0.4, -0.2) is 15.3 Å². The zero-order chi connectivity index (χ0) is 18.5. The number of aryl methyl sites for hydroxylation is 2. The fraction of sp³-hybridized carbons (Fsp3) is 0.458. The van der Waals surface area contributed by atoms with Gasteiger partial charge in [0, 0.05) is 17.4 Å². The highest BCUT2D eigenvalue weighted by molar-refractivity contribution is 7.99. The van der Waals surface area contributed by atoms with E-state index in [4.69, 9.17) is 4.98 Å². The lowest BCUT2D eigenvalue weighted by Crippen LogP contribution is -2.08. The van der Waals surface area contributed by atoms with Gasteiger partial charge in [0.2, 0.25) is 0 Å². The number of hydrogen-bond acceptors (Lipinski definition) is 2. The number of thioether (sulfide) groups is 1. The van der Waals surface area contributed by atoms with Gasteiger partial charge in [0.25, 0.3) is 0 Å². The Labute approximate surface area is 167 Å². The van der Waals surface area contributed by atoms with Gasteiger partial charge in [0.15, 0.2) is 0 Å². The molecule has 1 aromatic heterocycles. The number of rotatable bonds is 8. The van der Waals surface area contributed by atoms with Gasteiger partial charge in [-0.3, -0.25) is 0 Å². The average Bonchev–Trinajstić information content (AvgIpc) is 3.35. The Hall–Kier alpha value is -1.74. The standard InChI is InChI=1S/C24H30N2S/c1-2-17-27-21-14-15-22-23(18-21)26(24(25-22)20-12-6-7-13-20)16-8-11-19-9-4-3-5-10-19/h3-5,9-10,14-15,18,20H,2,6-8,11-13,16-17H2,1H3. The summed E-state index contributed by atoms with van der Waals surface area (Å²) < 4.78 is 2.55. The van der Waals surface area contributed by atoms with E-state index in [2.05, 4.69) is 60.0 Å². The highest BCUT2D eigenvalue weighted by atomic mass is 32.2. The quantitative estimate of drug-likeness (QED) is 0.400. The summed E-state index contributed by atoms with van der Waals surface area (Å²) in [4.78, 5) is 6.48. The minimum atomic E-state index is 0.654. The Morgan fingerprint density at radius 1 is 1.07 bits per heavy atom. The van der Waals surface area contributed by atoms with Gasteiger partial charge >= 0.3 is 0 Å². The van der Waals surface area contributed by atoms with Crippen LogP contribution in [0.3, 0.4) is 0 Å². The second-order valence-electron chi connectivity index (χ2n) is 7.69. The molecule has 4 rings (SSSR count). The minimum absolute atomic E-state index is 0.654. The maximum Gasteiger partial charge on any atom is 0.112 e. The van der Waals surface area contributed by atoms with Crippen molar-refractivity contribution in [3.8, 4) is 0 Å². The number of fused-ring (bicyclic) bond motifs is 1. The van der Waals surface area contributed by atoms with Gasteiger partial charge in [0.05, 0.1) is 11.0 Å². The van der Waals surface area contributed by atoms with Crippen LogP contribution in [0.1, 0.15) is 62.8 Å². The van der Waals surface area contributed by atoms with Gasteiger partial charge in [-0.15, -0.1) is 11.8 Å². The van der Waals surface area contributed by atoms with Crippen LogP contribution in [-0.2, 0) is 13.0 Å². The topological polar surface area (TPSA) is 17.8 Å². The SMILES string of the molecule is CCCSc1ccc2nc(C3CCCC3)n(CCCc3ccccc3)c2c1. The van der Waals surface area contributed by atoms with E-state index in [1.54, 1.807) is 0 Å². The normalized spacial score (nSPS) is 15.0. The van der Waals surface area contributed by atoms with E-state index in [1.807, 2.05) is 11.8 Å². The largest absolute Gasteiger partial charge is 0.328 e. The first-order valence-electron chi connectivity index (χ1n) is 10.5. The summed E-state index contributed by atoms with van der Waals surface area (Å²) in [5, 5.41) is 0. The minimum Gasteiger partial charge on any atom is -0.328 e. The van der Waals surface area contributed by atoms with Gasteiger partial charge < -0.3 is 4.57 Å². The number of nitrogens with zero attached hydrogens (tertiary/aromatic N) is 2. The summed E-state index contributed by atoms with van der Waals surface area (Å²) in [6.45, 7) is 3.32. The summed E-state index contributed by atoms with van der Waals surface area (Å²) in [5.74, 6) is 3.18. The van der Waals surface area contributed by atoms with Crippen molar-refractivity contribution in [1.82, 2.24) is 9.55 Å². The summed E-state index contributed by atoms with van der Waals surface area (Å²) in [6, 6.07) is 17.7. The molecule has 3 heteroatoms. The molecule has 1 heterocycles. The van der Waals surface area contributed by atoms with Crippen molar-refractivity contribution in [2.45, 2.75) is 69.2 Å². The molecule has 0 aliphatic heterocycles. The fourth-order valence-electron chi connectivity index (χ4n) is 4.25. The first kappa shape index (κ1) is 18.6. The smallest absolute Gasteiger partial charge is 0.112 e. The molecular weight excluding hydrogens is 348 g/mol. The summed E-state index contributed by atoms with van der Waals surface area (Å²) >= 11 is 1.97. The number of aromatic nitrogens is 2. The number of benzene rings is 2. The molecule has 0 amide bonds. The zero-order valence-corrected chi connectivity index (χ0v) is 17.2. The van der Waals surface area contributed by atoms with Crippen molar-refractivity contribution < 1.29 is 0 Å². The summed E-state index contributed by atoms with van der Waals surface area (Å²) in [5.41, 5.74) is 3.95. The average molecular weight is 379 g/mol. The van der Waals surface area contributed by atoms with Crippen molar-refractivity contribution in [3.05, 3.63) is 59.9 Å². The molecule has 0 atom stereocenters. The molecule has 2 aromatic carbocycles. The van der Waals surface area contributed by atoms with Crippen LogP contribution in [0.5, 0.6) is 0 Å². The third-order valence-corrected chi connectivity index (χ3v) is 6.83. The van der Waals surface area contributed by atoms with Crippen molar-refractivity contribution in [3.63, 3.8) is 0 Å². The maximum absolute atomic E-state index is 5.10. The highest BCUT2D eigenvalue weighted by Gasteiger charge is 2.23. The van der Waals surface area contributed by atoms with Crippen LogP contribution in [0.15, 0.2) is 53.4 Å². The zero-order valence-electron chi connectivity index (χ0n) is 16.4. The molecule has 1 aliphatic carbocycles. The maximum atomic E-state index is 5.10. The Morgan fingerprint density at radius 2 is 1.89 bits per heavy atom. The molecular formula is C24H30N2S.